The first-order chi connectivity index (χ1) is 10.6. The first-order valence-electron chi connectivity index (χ1n) is 6.62. The van der Waals surface area contributed by atoms with Crippen molar-refractivity contribution in [3.8, 4) is 0 Å². The molecule has 0 aromatic carbocycles. The average Bonchev–Trinajstić information content (AvgIpc) is 2.50. The molecule has 0 bridgehead atoms. The fourth-order valence-electron chi connectivity index (χ4n) is 2.06. The summed E-state index contributed by atoms with van der Waals surface area (Å²) >= 11 is 0. The monoisotopic (exact) mass is 320 g/mol. The molecule has 1 heterocycles. The second kappa shape index (κ2) is 9.41. The van der Waals surface area contributed by atoms with Gasteiger partial charge in [0.05, 0.1) is 0 Å². The third-order valence-electron chi connectivity index (χ3n) is 2.90. The van der Waals surface area contributed by atoms with E-state index in [-0.39, 0.29) is 52.3 Å². The highest BCUT2D eigenvalue weighted by atomic mass is 16.5. The summed E-state index contributed by atoms with van der Waals surface area (Å²) in [6.45, 7) is 0.292. The highest BCUT2D eigenvalue weighted by Gasteiger charge is 2.32. The van der Waals surface area contributed by atoms with Gasteiger partial charge in [0, 0.05) is 28.4 Å². The van der Waals surface area contributed by atoms with Crippen LogP contribution in [0.1, 0.15) is 0 Å². The summed E-state index contributed by atoms with van der Waals surface area (Å²) in [6.07, 6.45) is 0. The van der Waals surface area contributed by atoms with E-state index in [4.69, 9.17) is 18.9 Å². The van der Waals surface area contributed by atoms with E-state index in [1.54, 1.807) is 0 Å². The maximum Gasteiger partial charge on any atom is 0.326 e. The van der Waals surface area contributed by atoms with Crippen LogP contribution in [-0.2, 0) is 18.9 Å². The second-order valence-corrected chi connectivity index (χ2v) is 4.68. The van der Waals surface area contributed by atoms with Gasteiger partial charge in [-0.3, -0.25) is 19.6 Å². The topological polar surface area (TPSA) is 84.0 Å². The Morgan fingerprint density at radius 3 is 1.05 bits per heavy atom. The van der Waals surface area contributed by atoms with Gasteiger partial charge in [-0.15, -0.1) is 0 Å². The largest absolute Gasteiger partial charge is 0.364 e. The summed E-state index contributed by atoms with van der Waals surface area (Å²) < 4.78 is 20.1. The summed E-state index contributed by atoms with van der Waals surface area (Å²) in [6, 6.07) is -0.614. The fourth-order valence-corrected chi connectivity index (χ4v) is 2.06. The fraction of sp³-hybridized carbons (Fsp3) is 0.833. The van der Waals surface area contributed by atoms with E-state index in [0.717, 1.165) is 0 Å². The molecule has 0 aromatic rings. The van der Waals surface area contributed by atoms with Crippen LogP contribution in [0.15, 0.2) is 0 Å². The molecule has 128 valence electrons. The van der Waals surface area contributed by atoms with Gasteiger partial charge in [-0.05, 0) is 0 Å². The summed E-state index contributed by atoms with van der Waals surface area (Å²) in [5.74, 6) is 0. The van der Waals surface area contributed by atoms with Crippen LogP contribution in [0, 0.1) is 0 Å². The maximum absolute atomic E-state index is 12.5. The molecular formula is C12H24N4O6. The first kappa shape index (κ1) is 18.4. The van der Waals surface area contributed by atoms with Crippen molar-refractivity contribution in [3.05, 3.63) is 0 Å². The van der Waals surface area contributed by atoms with E-state index in [1.807, 2.05) is 0 Å². The van der Waals surface area contributed by atoms with Crippen LogP contribution in [-0.4, -0.2) is 100 Å². The molecule has 0 N–H and O–H groups in total. The molecule has 0 aliphatic carbocycles. The van der Waals surface area contributed by atoms with Crippen LogP contribution in [0.2, 0.25) is 0 Å². The van der Waals surface area contributed by atoms with Crippen molar-refractivity contribution < 1.29 is 28.5 Å². The Hall–Kier alpha value is -1.62. The Balaban J connectivity index is 3.01. The summed E-state index contributed by atoms with van der Waals surface area (Å²) in [4.78, 5) is 30.6. The molecule has 0 saturated carbocycles. The lowest BCUT2D eigenvalue weighted by molar-refractivity contribution is -0.0463. The van der Waals surface area contributed by atoms with E-state index in [1.165, 1.54) is 48.0 Å². The maximum atomic E-state index is 12.5. The molecule has 1 fully saturated rings. The van der Waals surface area contributed by atoms with Crippen molar-refractivity contribution in [2.75, 3.05) is 68.7 Å². The Labute approximate surface area is 130 Å². The smallest absolute Gasteiger partial charge is 0.326 e. The molecule has 0 atom stereocenters. The molecular weight excluding hydrogens is 296 g/mol. The molecule has 1 aliphatic heterocycles. The minimum absolute atomic E-state index is 0.0414. The molecule has 22 heavy (non-hydrogen) atoms. The molecule has 0 unspecified atom stereocenters. The van der Waals surface area contributed by atoms with Gasteiger partial charge in [-0.25, -0.2) is 9.59 Å². The number of amides is 4. The summed E-state index contributed by atoms with van der Waals surface area (Å²) in [5, 5.41) is 0. The molecule has 0 aromatic heterocycles. The van der Waals surface area contributed by atoms with Crippen molar-refractivity contribution in [3.63, 3.8) is 0 Å². The molecule has 4 amide bonds. The quantitative estimate of drug-likeness (QED) is 0.615. The highest BCUT2D eigenvalue weighted by molar-refractivity contribution is 5.79. The number of methoxy groups -OCH3 is 4. The van der Waals surface area contributed by atoms with Gasteiger partial charge in [0.1, 0.15) is 40.3 Å². The normalized spacial score (nSPS) is 17.1. The molecule has 0 spiro atoms. The Kier molecular flexibility index (Phi) is 7.88. The van der Waals surface area contributed by atoms with Crippen LogP contribution in [0.4, 0.5) is 9.59 Å². The molecule has 10 heteroatoms. The van der Waals surface area contributed by atoms with Crippen LogP contribution in [0.25, 0.3) is 0 Å². The predicted octanol–water partition coefficient (Wildman–Crippen LogP) is -0.221. The Morgan fingerprint density at radius 2 is 0.864 bits per heavy atom. The van der Waals surface area contributed by atoms with Crippen LogP contribution >= 0.6 is 0 Å². The van der Waals surface area contributed by atoms with Gasteiger partial charge in [-0.2, -0.15) is 0 Å². The molecule has 1 saturated heterocycles. The second-order valence-electron chi connectivity index (χ2n) is 4.68. The van der Waals surface area contributed by atoms with E-state index in [9.17, 15) is 9.59 Å². The van der Waals surface area contributed by atoms with Gasteiger partial charge >= 0.3 is 12.1 Å². The minimum Gasteiger partial charge on any atom is -0.364 e. The number of carbonyl (C=O) groups is 2. The first-order valence-corrected chi connectivity index (χ1v) is 6.62. The van der Waals surface area contributed by atoms with Gasteiger partial charge < -0.3 is 18.9 Å². The zero-order chi connectivity index (χ0) is 16.5. The lowest BCUT2D eigenvalue weighted by atomic mass is 10.5. The molecule has 0 radical (unpaired) electrons. The van der Waals surface area contributed by atoms with E-state index < -0.39 is 0 Å². The standard InChI is InChI=1S/C12H24N4O6/c1-19-7-13-5-14(8-20-2)12(18)16(10-22-4)6-15(9-21-3)11(13)17/h5-10H2,1-4H3. The van der Waals surface area contributed by atoms with Gasteiger partial charge in [0.15, 0.2) is 0 Å². The Bertz CT molecular complexity index is 308. The number of carbonyl (C=O) groups excluding carboxylic acids is 2. The zero-order valence-corrected chi connectivity index (χ0v) is 13.5. The number of hydrogen-bond acceptors (Lipinski definition) is 6. The number of rotatable bonds is 8. The van der Waals surface area contributed by atoms with Gasteiger partial charge in [0.2, 0.25) is 0 Å². The number of urea groups is 2. The van der Waals surface area contributed by atoms with Crippen LogP contribution < -0.4 is 0 Å². The van der Waals surface area contributed by atoms with E-state index in [2.05, 4.69) is 0 Å². The number of ether oxygens (including phenoxy) is 4. The summed E-state index contributed by atoms with van der Waals surface area (Å²) in [5.41, 5.74) is 0. The third kappa shape index (κ3) is 4.70. The van der Waals surface area contributed by atoms with E-state index in [0.29, 0.717) is 0 Å². The lowest BCUT2D eigenvalue weighted by Crippen LogP contribution is -2.60. The Morgan fingerprint density at radius 1 is 0.636 bits per heavy atom. The van der Waals surface area contributed by atoms with E-state index >= 15 is 0 Å². The molecule has 10 nitrogen and oxygen atoms in total. The van der Waals surface area contributed by atoms with Gasteiger partial charge in [-0.1, -0.05) is 0 Å². The van der Waals surface area contributed by atoms with Crippen molar-refractivity contribution in [1.29, 1.82) is 0 Å². The minimum atomic E-state index is -0.307. The lowest BCUT2D eigenvalue weighted by Gasteiger charge is -2.40. The molecule has 1 rings (SSSR count). The van der Waals surface area contributed by atoms with Crippen molar-refractivity contribution in [1.82, 2.24) is 19.6 Å². The predicted molar refractivity (Wildman–Crippen MR) is 75.4 cm³/mol. The van der Waals surface area contributed by atoms with Crippen molar-refractivity contribution in [2.45, 2.75) is 0 Å². The van der Waals surface area contributed by atoms with Crippen molar-refractivity contribution in [2.24, 2.45) is 0 Å². The van der Waals surface area contributed by atoms with Crippen LogP contribution in [0.5, 0.6) is 0 Å². The molecule has 1 aliphatic rings. The third-order valence-corrected chi connectivity index (χ3v) is 2.90. The van der Waals surface area contributed by atoms with Crippen LogP contribution in [0.3, 0.4) is 0 Å². The van der Waals surface area contributed by atoms with Gasteiger partial charge in [0.25, 0.3) is 0 Å². The number of hydrogen-bond donors (Lipinski definition) is 0. The summed E-state index contributed by atoms with van der Waals surface area (Å²) in [7, 11) is 5.91. The zero-order valence-electron chi connectivity index (χ0n) is 13.5. The number of nitrogens with zero attached hydrogens (tertiary/aromatic N) is 4. The highest BCUT2D eigenvalue weighted by Crippen LogP contribution is 2.11. The van der Waals surface area contributed by atoms with Crippen molar-refractivity contribution >= 4 is 12.1 Å². The average molecular weight is 320 g/mol. The SMILES string of the molecule is COCN1CN(COC)C(=O)N(COC)CN(COC)C1=O.